The van der Waals surface area contributed by atoms with Crippen LogP contribution in [0.5, 0.6) is 0 Å². The number of benzene rings is 3. The van der Waals surface area contributed by atoms with Gasteiger partial charge in [0, 0.05) is 37.2 Å². The molecule has 0 bridgehead atoms. The normalized spacial score (nSPS) is 17.1. The Morgan fingerprint density at radius 3 is 2.36 bits per heavy atom. The second-order valence-corrected chi connectivity index (χ2v) is 12.8. The van der Waals surface area contributed by atoms with Gasteiger partial charge < -0.3 is 16.4 Å². The van der Waals surface area contributed by atoms with Crippen LogP contribution in [-0.2, 0) is 21.2 Å². The molecule has 1 amide bonds. The number of nitrogens with one attached hydrogen (secondary N) is 2. The predicted molar refractivity (Wildman–Crippen MR) is 166 cm³/mol. The number of aromatic nitrogens is 1. The Morgan fingerprint density at radius 2 is 1.68 bits per heavy atom. The first kappa shape index (κ1) is 31.4. The third-order valence-corrected chi connectivity index (χ3v) is 9.93. The van der Waals surface area contributed by atoms with Gasteiger partial charge in [-0.2, -0.15) is 4.31 Å². The molecule has 2 heterocycles. The lowest BCUT2D eigenvalue weighted by Gasteiger charge is -2.35. The number of hydrogen-bond acceptors (Lipinski definition) is 6. The van der Waals surface area contributed by atoms with Gasteiger partial charge in [0.2, 0.25) is 15.9 Å². The van der Waals surface area contributed by atoms with Crippen LogP contribution in [0, 0.1) is 18.6 Å². The van der Waals surface area contributed by atoms with E-state index < -0.39 is 45.6 Å². The number of pyridine rings is 1. The highest BCUT2D eigenvalue weighted by molar-refractivity contribution is 7.89. The van der Waals surface area contributed by atoms with Crippen LogP contribution in [0.3, 0.4) is 0 Å². The number of carbonyl (C=O) groups excluding carboxylic acids is 1. The molecule has 1 fully saturated rings. The van der Waals surface area contributed by atoms with Gasteiger partial charge in [-0.05, 0) is 55.2 Å². The number of anilines is 1. The number of nitrogens with two attached hydrogens (primary N) is 1. The van der Waals surface area contributed by atoms with Crippen molar-refractivity contribution in [3.8, 4) is 0 Å². The zero-order chi connectivity index (χ0) is 31.3. The Labute approximate surface area is 256 Å². The molecular formula is C33H35F2N5O3S. The highest BCUT2D eigenvalue weighted by atomic mass is 32.2. The van der Waals surface area contributed by atoms with Gasteiger partial charge in [-0.1, -0.05) is 60.2 Å². The Balaban J connectivity index is 1.36. The minimum atomic E-state index is -3.76. The lowest BCUT2D eigenvalue weighted by atomic mass is 9.84. The number of rotatable bonds is 10. The van der Waals surface area contributed by atoms with E-state index in [0.29, 0.717) is 25.1 Å². The lowest BCUT2D eigenvalue weighted by Crippen LogP contribution is -2.53. The fourth-order valence-electron chi connectivity index (χ4n) is 5.59. The molecular weight excluding hydrogens is 584 g/mol. The number of piperazine rings is 1. The summed E-state index contributed by atoms with van der Waals surface area (Å²) in [4.78, 5) is 17.7. The van der Waals surface area contributed by atoms with Crippen molar-refractivity contribution in [1.29, 1.82) is 0 Å². The maximum atomic E-state index is 15.2. The minimum Gasteiger partial charge on any atom is -0.323 e. The summed E-state index contributed by atoms with van der Waals surface area (Å²) in [5.41, 5.74) is 9.37. The molecule has 0 spiro atoms. The van der Waals surface area contributed by atoms with Crippen molar-refractivity contribution in [3.05, 3.63) is 125 Å². The van der Waals surface area contributed by atoms with E-state index in [0.717, 1.165) is 17.3 Å². The zero-order valence-electron chi connectivity index (χ0n) is 24.3. The molecule has 44 heavy (non-hydrogen) atoms. The van der Waals surface area contributed by atoms with Crippen molar-refractivity contribution in [3.63, 3.8) is 0 Å². The van der Waals surface area contributed by atoms with Crippen LogP contribution in [0.2, 0.25) is 0 Å². The first-order valence-corrected chi connectivity index (χ1v) is 15.9. The van der Waals surface area contributed by atoms with Gasteiger partial charge in [0.15, 0.2) is 0 Å². The predicted octanol–water partition coefficient (Wildman–Crippen LogP) is 4.36. The first-order valence-electron chi connectivity index (χ1n) is 14.4. The molecule has 1 saturated heterocycles. The lowest BCUT2D eigenvalue weighted by molar-refractivity contribution is -0.117. The number of carbonyl (C=O) groups is 1. The zero-order valence-corrected chi connectivity index (χ0v) is 25.1. The molecule has 5 rings (SSSR count). The van der Waals surface area contributed by atoms with Gasteiger partial charge in [0.05, 0.1) is 29.0 Å². The van der Waals surface area contributed by atoms with Crippen molar-refractivity contribution in [1.82, 2.24) is 14.6 Å². The van der Waals surface area contributed by atoms with E-state index >= 15 is 4.39 Å². The van der Waals surface area contributed by atoms with Gasteiger partial charge >= 0.3 is 0 Å². The quantitative estimate of drug-likeness (QED) is 0.243. The van der Waals surface area contributed by atoms with Crippen molar-refractivity contribution < 1.29 is 22.0 Å². The average Bonchev–Trinajstić information content (AvgIpc) is 3.03. The van der Waals surface area contributed by atoms with E-state index in [1.165, 1.54) is 22.6 Å². The maximum absolute atomic E-state index is 15.2. The largest absolute Gasteiger partial charge is 0.323 e. The molecule has 4 aromatic rings. The van der Waals surface area contributed by atoms with Gasteiger partial charge in [-0.3, -0.25) is 9.78 Å². The van der Waals surface area contributed by atoms with E-state index in [1.807, 2.05) is 31.2 Å². The summed E-state index contributed by atoms with van der Waals surface area (Å²) in [6, 6.07) is 20.1. The average molecular weight is 620 g/mol. The van der Waals surface area contributed by atoms with Crippen LogP contribution in [-0.4, -0.2) is 55.3 Å². The number of aryl methyl sites for hydroxylation is 1. The topological polar surface area (TPSA) is 117 Å². The summed E-state index contributed by atoms with van der Waals surface area (Å²) < 4.78 is 57.2. The highest BCUT2D eigenvalue weighted by Crippen LogP contribution is 2.30. The molecule has 1 aliphatic heterocycles. The maximum Gasteiger partial charge on any atom is 0.243 e. The molecule has 0 radical (unpaired) electrons. The molecule has 1 aromatic heterocycles. The van der Waals surface area contributed by atoms with Gasteiger partial charge in [-0.15, -0.1) is 0 Å². The molecule has 3 aromatic carbocycles. The molecule has 0 aliphatic carbocycles. The second kappa shape index (κ2) is 13.7. The van der Waals surface area contributed by atoms with E-state index in [9.17, 15) is 17.6 Å². The van der Waals surface area contributed by atoms with E-state index in [-0.39, 0.29) is 29.1 Å². The van der Waals surface area contributed by atoms with Gasteiger partial charge in [-0.25, -0.2) is 17.2 Å². The highest BCUT2D eigenvalue weighted by Gasteiger charge is 2.34. The monoisotopic (exact) mass is 619 g/mol. The van der Waals surface area contributed by atoms with Gasteiger partial charge in [0.25, 0.3) is 0 Å². The number of hydrogen-bond donors (Lipinski definition) is 3. The standard InChI is InChI=1S/C33H35F2N5O3S/c1-22-7-9-23(10-8-22)31(24-11-13-25(34)14-12-24)32(36)33(41)39-30-21-38-20-29(35)28(30)16-15-26-19-37-17-18-40(26)44(42,43)27-5-3-2-4-6-27/h2-14,20-21,26,31-32,37H,15-19,36H2,1H3,(H,39,41)/t26-,31?,32+/m1/s1. The van der Waals surface area contributed by atoms with Crippen LogP contribution in [0.25, 0.3) is 0 Å². The van der Waals surface area contributed by atoms with Crippen LogP contribution in [0.1, 0.15) is 34.6 Å². The van der Waals surface area contributed by atoms with Crippen LogP contribution < -0.4 is 16.4 Å². The third-order valence-electron chi connectivity index (χ3n) is 7.96. The first-order chi connectivity index (χ1) is 21.1. The smallest absolute Gasteiger partial charge is 0.243 e. The number of sulfonamides is 1. The minimum absolute atomic E-state index is 0.145. The molecule has 8 nitrogen and oxygen atoms in total. The van der Waals surface area contributed by atoms with Gasteiger partial charge in [0.1, 0.15) is 11.6 Å². The summed E-state index contributed by atoms with van der Waals surface area (Å²) in [5, 5.41) is 5.99. The Bertz CT molecular complexity index is 1640. The molecule has 11 heteroatoms. The molecule has 1 aliphatic rings. The summed E-state index contributed by atoms with van der Waals surface area (Å²) >= 11 is 0. The van der Waals surface area contributed by atoms with E-state index in [1.54, 1.807) is 42.5 Å². The Morgan fingerprint density at radius 1 is 1.02 bits per heavy atom. The molecule has 3 atom stereocenters. The number of nitrogens with zero attached hydrogens (tertiary/aromatic N) is 2. The molecule has 1 unspecified atom stereocenters. The Hall–Kier alpha value is -4.03. The third kappa shape index (κ3) is 7.02. The van der Waals surface area contributed by atoms with Crippen LogP contribution in [0.15, 0.2) is 96.2 Å². The van der Waals surface area contributed by atoms with Crippen molar-refractivity contribution >= 4 is 21.6 Å². The summed E-state index contributed by atoms with van der Waals surface area (Å²) in [6.07, 6.45) is 2.87. The fourth-order valence-corrected chi connectivity index (χ4v) is 7.26. The van der Waals surface area contributed by atoms with E-state index in [4.69, 9.17) is 5.73 Å². The number of amides is 1. The van der Waals surface area contributed by atoms with Crippen molar-refractivity contribution in [2.75, 3.05) is 25.0 Å². The summed E-state index contributed by atoms with van der Waals surface area (Å²) in [5.74, 6) is -2.20. The van der Waals surface area contributed by atoms with Crippen molar-refractivity contribution in [2.45, 2.75) is 42.7 Å². The second-order valence-electron chi connectivity index (χ2n) is 10.9. The van der Waals surface area contributed by atoms with Crippen LogP contribution >= 0.6 is 0 Å². The van der Waals surface area contributed by atoms with E-state index in [2.05, 4.69) is 15.6 Å². The van der Waals surface area contributed by atoms with Crippen molar-refractivity contribution in [2.24, 2.45) is 5.73 Å². The van der Waals surface area contributed by atoms with Crippen LogP contribution in [0.4, 0.5) is 14.5 Å². The molecule has 0 saturated carbocycles. The number of halogens is 2. The Kier molecular flexibility index (Phi) is 9.80. The molecule has 230 valence electrons. The SMILES string of the molecule is Cc1ccc(C(c2ccc(F)cc2)[C@H](N)C(=O)Nc2cncc(F)c2CC[C@@H]2CNCCN2S(=O)(=O)c2ccccc2)cc1. The summed E-state index contributed by atoms with van der Waals surface area (Å²) in [7, 11) is -3.76. The fraction of sp³-hybridized carbons (Fsp3) is 0.273. The summed E-state index contributed by atoms with van der Waals surface area (Å²) in [6.45, 7) is 3.13. The molecule has 4 N–H and O–H groups in total.